The van der Waals surface area contributed by atoms with Crippen molar-refractivity contribution in [3.63, 3.8) is 0 Å². The maximum atomic E-state index is 12.2. The number of nitrogens with one attached hydrogen (secondary N) is 2. The Kier molecular flexibility index (Phi) is 3.74. The molecule has 1 aromatic rings. The molecular weight excluding hydrogens is 300 g/mol. The predicted octanol–water partition coefficient (Wildman–Crippen LogP) is -0.248. The van der Waals surface area contributed by atoms with Crippen LogP contribution in [0.4, 0.5) is 4.79 Å². The SMILES string of the molecule is O=C(NCc1cnc2n1CCOC2)NC(C1CC1)C1(O)COC1. The highest BCUT2D eigenvalue weighted by molar-refractivity contribution is 5.74. The standard InChI is InChI=1S/C15H22N4O4/c20-14(18-13(10-1-2-10)15(21)8-23-9-15)17-6-11-5-16-12-7-22-4-3-19(11)12/h5,10,13,21H,1-4,6-9H2,(H2,17,18,20). The molecule has 2 amide bonds. The lowest BCUT2D eigenvalue weighted by Crippen LogP contribution is -2.65. The van der Waals surface area contributed by atoms with Gasteiger partial charge in [0, 0.05) is 6.54 Å². The minimum Gasteiger partial charge on any atom is -0.383 e. The molecule has 0 bridgehead atoms. The van der Waals surface area contributed by atoms with Crippen LogP contribution in [0.3, 0.4) is 0 Å². The Morgan fingerprint density at radius 1 is 1.48 bits per heavy atom. The molecule has 8 nitrogen and oxygen atoms in total. The summed E-state index contributed by atoms with van der Waals surface area (Å²) in [6.07, 6.45) is 3.86. The van der Waals surface area contributed by atoms with Crippen molar-refractivity contribution in [2.75, 3.05) is 19.8 Å². The zero-order valence-corrected chi connectivity index (χ0v) is 13.0. The minimum absolute atomic E-state index is 0.232. The largest absolute Gasteiger partial charge is 0.383 e. The molecule has 1 aromatic heterocycles. The fourth-order valence-corrected chi connectivity index (χ4v) is 3.28. The normalized spacial score (nSPS) is 23.5. The van der Waals surface area contributed by atoms with Crippen LogP contribution in [-0.4, -0.2) is 52.2 Å². The quantitative estimate of drug-likeness (QED) is 0.695. The molecule has 23 heavy (non-hydrogen) atoms. The number of fused-ring (bicyclic) bond motifs is 1. The summed E-state index contributed by atoms with van der Waals surface area (Å²) in [5.41, 5.74) is 0.0538. The maximum Gasteiger partial charge on any atom is 0.315 e. The van der Waals surface area contributed by atoms with Crippen molar-refractivity contribution in [2.24, 2.45) is 5.92 Å². The third kappa shape index (κ3) is 2.93. The summed E-state index contributed by atoms with van der Waals surface area (Å²) in [6.45, 7) is 2.94. The summed E-state index contributed by atoms with van der Waals surface area (Å²) >= 11 is 0. The van der Waals surface area contributed by atoms with E-state index in [-0.39, 0.29) is 12.1 Å². The lowest BCUT2D eigenvalue weighted by atomic mass is 9.89. The first-order valence-corrected chi connectivity index (χ1v) is 8.11. The van der Waals surface area contributed by atoms with E-state index < -0.39 is 5.60 Å². The lowest BCUT2D eigenvalue weighted by molar-refractivity contribution is -0.195. The monoisotopic (exact) mass is 322 g/mol. The Hall–Kier alpha value is -1.64. The molecule has 0 aromatic carbocycles. The number of hydrogen-bond donors (Lipinski definition) is 3. The number of carbonyl (C=O) groups is 1. The van der Waals surface area contributed by atoms with E-state index in [1.54, 1.807) is 6.20 Å². The number of hydrogen-bond acceptors (Lipinski definition) is 5. The number of nitrogens with zero attached hydrogens (tertiary/aromatic N) is 2. The number of amides is 2. The number of carbonyl (C=O) groups excluding carboxylic acids is 1. The van der Waals surface area contributed by atoms with Gasteiger partial charge in [0.25, 0.3) is 0 Å². The lowest BCUT2D eigenvalue weighted by Gasteiger charge is -2.43. The Balaban J connectivity index is 1.34. The average molecular weight is 322 g/mol. The van der Waals surface area contributed by atoms with E-state index >= 15 is 0 Å². The molecule has 126 valence electrons. The van der Waals surface area contributed by atoms with Gasteiger partial charge in [0.2, 0.25) is 0 Å². The fraction of sp³-hybridized carbons (Fsp3) is 0.733. The minimum atomic E-state index is -0.911. The summed E-state index contributed by atoms with van der Waals surface area (Å²) in [6, 6.07) is -0.492. The van der Waals surface area contributed by atoms with Crippen LogP contribution in [0.1, 0.15) is 24.4 Å². The van der Waals surface area contributed by atoms with Crippen LogP contribution >= 0.6 is 0 Å². The maximum absolute atomic E-state index is 12.2. The number of urea groups is 1. The average Bonchev–Trinajstić information content (AvgIpc) is 3.28. The molecule has 3 aliphatic rings. The number of aliphatic hydroxyl groups is 1. The molecule has 2 aliphatic heterocycles. The van der Waals surface area contributed by atoms with Crippen molar-refractivity contribution in [1.29, 1.82) is 0 Å². The van der Waals surface area contributed by atoms with Gasteiger partial charge in [-0.3, -0.25) is 0 Å². The van der Waals surface area contributed by atoms with Gasteiger partial charge in [0.05, 0.1) is 44.3 Å². The summed E-state index contributed by atoms with van der Waals surface area (Å²) in [7, 11) is 0. The van der Waals surface area contributed by atoms with Crippen LogP contribution < -0.4 is 10.6 Å². The smallest absolute Gasteiger partial charge is 0.315 e. The van der Waals surface area contributed by atoms with Crippen LogP contribution in [0, 0.1) is 5.92 Å². The van der Waals surface area contributed by atoms with E-state index in [0.717, 1.165) is 30.9 Å². The van der Waals surface area contributed by atoms with Crippen molar-refractivity contribution < 1.29 is 19.4 Å². The van der Waals surface area contributed by atoms with Gasteiger partial charge in [-0.15, -0.1) is 0 Å². The van der Waals surface area contributed by atoms with Crippen molar-refractivity contribution in [3.05, 3.63) is 17.7 Å². The molecule has 4 rings (SSSR count). The topological polar surface area (TPSA) is 97.6 Å². The van der Waals surface area contributed by atoms with Gasteiger partial charge < -0.3 is 29.8 Å². The van der Waals surface area contributed by atoms with Crippen LogP contribution in [0.25, 0.3) is 0 Å². The summed E-state index contributed by atoms with van der Waals surface area (Å²) in [5, 5.41) is 16.2. The Bertz CT molecular complexity index is 594. The van der Waals surface area contributed by atoms with Gasteiger partial charge in [-0.25, -0.2) is 9.78 Å². The van der Waals surface area contributed by atoms with Crippen LogP contribution in [0.5, 0.6) is 0 Å². The predicted molar refractivity (Wildman–Crippen MR) is 79.5 cm³/mol. The van der Waals surface area contributed by atoms with Gasteiger partial charge in [0.1, 0.15) is 18.0 Å². The zero-order valence-electron chi connectivity index (χ0n) is 13.0. The molecule has 1 aliphatic carbocycles. The van der Waals surface area contributed by atoms with Gasteiger partial charge in [-0.05, 0) is 18.8 Å². The van der Waals surface area contributed by atoms with Crippen LogP contribution in [-0.2, 0) is 29.2 Å². The number of ether oxygens (including phenoxy) is 2. The van der Waals surface area contributed by atoms with Gasteiger partial charge in [-0.2, -0.15) is 0 Å². The van der Waals surface area contributed by atoms with E-state index in [4.69, 9.17) is 9.47 Å². The van der Waals surface area contributed by atoms with E-state index in [0.29, 0.717) is 38.9 Å². The van der Waals surface area contributed by atoms with Crippen molar-refractivity contribution >= 4 is 6.03 Å². The summed E-state index contributed by atoms with van der Waals surface area (Å²) < 4.78 is 12.5. The molecule has 3 heterocycles. The van der Waals surface area contributed by atoms with E-state index in [1.807, 2.05) is 0 Å². The van der Waals surface area contributed by atoms with Gasteiger partial charge in [0.15, 0.2) is 0 Å². The van der Waals surface area contributed by atoms with Crippen molar-refractivity contribution in [1.82, 2.24) is 20.2 Å². The van der Waals surface area contributed by atoms with Gasteiger partial charge >= 0.3 is 6.03 Å². The number of rotatable bonds is 5. The highest BCUT2D eigenvalue weighted by Gasteiger charge is 2.51. The van der Waals surface area contributed by atoms with Crippen molar-refractivity contribution in [2.45, 2.75) is 44.2 Å². The second-order valence-electron chi connectivity index (χ2n) is 6.61. The second-order valence-corrected chi connectivity index (χ2v) is 6.61. The second kappa shape index (κ2) is 5.77. The van der Waals surface area contributed by atoms with E-state index in [9.17, 15) is 9.90 Å². The summed E-state index contributed by atoms with van der Waals surface area (Å²) in [4.78, 5) is 16.5. The Labute approximate surface area is 134 Å². The molecule has 0 spiro atoms. The summed E-state index contributed by atoms with van der Waals surface area (Å²) in [5.74, 6) is 1.25. The molecule has 1 saturated heterocycles. The molecule has 3 N–H and O–H groups in total. The van der Waals surface area contributed by atoms with Crippen molar-refractivity contribution in [3.8, 4) is 0 Å². The molecule has 1 atom stereocenters. The Morgan fingerprint density at radius 2 is 2.30 bits per heavy atom. The molecular formula is C15H22N4O4. The van der Waals surface area contributed by atoms with E-state index in [2.05, 4.69) is 20.2 Å². The number of imidazole rings is 1. The zero-order chi connectivity index (χ0) is 15.9. The third-order valence-electron chi connectivity index (χ3n) is 4.80. The third-order valence-corrected chi connectivity index (χ3v) is 4.80. The molecule has 8 heteroatoms. The highest BCUT2D eigenvalue weighted by atomic mass is 16.5. The Morgan fingerprint density at radius 3 is 3.00 bits per heavy atom. The molecule has 1 saturated carbocycles. The molecule has 2 fully saturated rings. The molecule has 0 radical (unpaired) electrons. The van der Waals surface area contributed by atoms with Gasteiger partial charge in [-0.1, -0.05) is 0 Å². The first kappa shape index (κ1) is 14.9. The number of aromatic nitrogens is 2. The molecule has 1 unspecified atom stereocenters. The fourth-order valence-electron chi connectivity index (χ4n) is 3.28. The van der Waals surface area contributed by atoms with Crippen LogP contribution in [0.15, 0.2) is 6.20 Å². The highest BCUT2D eigenvalue weighted by Crippen LogP contribution is 2.39. The first-order valence-electron chi connectivity index (χ1n) is 8.11. The van der Waals surface area contributed by atoms with E-state index in [1.165, 1.54) is 0 Å². The van der Waals surface area contributed by atoms with Crippen LogP contribution in [0.2, 0.25) is 0 Å². The first-order chi connectivity index (χ1) is 11.2.